The summed E-state index contributed by atoms with van der Waals surface area (Å²) in [5.74, 6) is 0. The Morgan fingerprint density at radius 1 is 0.460 bits per heavy atom. The van der Waals surface area contributed by atoms with Gasteiger partial charge in [0.2, 0.25) is 0 Å². The molecule has 0 bridgehead atoms. The number of rotatable bonds is 4. The summed E-state index contributed by atoms with van der Waals surface area (Å²) in [6, 6.07) is 53.1. The highest BCUT2D eigenvalue weighted by Gasteiger charge is 2.17. The second-order valence-electron chi connectivity index (χ2n) is 12.6. The first kappa shape index (κ1) is 24.3. The fourth-order valence-corrected chi connectivity index (χ4v) is 7.66. The molecule has 0 saturated heterocycles. The van der Waals surface area contributed by atoms with Crippen LogP contribution in [0.5, 0.6) is 0 Å². The highest BCUT2D eigenvalue weighted by Crippen LogP contribution is 2.41. The van der Waals surface area contributed by atoms with E-state index in [2.05, 4.69) is 102 Å². The van der Waals surface area contributed by atoms with E-state index in [-0.39, 0.29) is 24.2 Å². The van der Waals surface area contributed by atoms with Crippen molar-refractivity contribution in [3.05, 3.63) is 181 Å². The van der Waals surface area contributed by atoms with Gasteiger partial charge in [0.25, 0.3) is 0 Å². The molecule has 0 fully saturated rings. The number of hydrogen-bond donors (Lipinski definition) is 0. The summed E-state index contributed by atoms with van der Waals surface area (Å²) in [6.07, 6.45) is 0. The van der Waals surface area contributed by atoms with Gasteiger partial charge in [-0.2, -0.15) is 5.26 Å². The highest BCUT2D eigenvalue weighted by molar-refractivity contribution is 6.14. The molecule has 0 spiro atoms. The van der Waals surface area contributed by atoms with Crippen LogP contribution in [0.15, 0.2) is 176 Å². The lowest BCUT2D eigenvalue weighted by Crippen LogP contribution is -1.94. The molecule has 2 heterocycles. The third kappa shape index (κ3) is 4.23. The first-order valence-electron chi connectivity index (χ1n) is 18.6. The first-order valence-corrected chi connectivity index (χ1v) is 16.6. The number of benzene rings is 8. The molecule has 0 radical (unpaired) electrons. The monoisotopic (exact) mass is 639 g/mol. The normalized spacial score (nSPS) is 12.7. The molecule has 0 aliphatic rings. The van der Waals surface area contributed by atoms with Crippen molar-refractivity contribution in [2.45, 2.75) is 0 Å². The smallest absolute Gasteiger partial charge is 0.0991 e. The summed E-state index contributed by atoms with van der Waals surface area (Å²) < 4.78 is 39.2. The van der Waals surface area contributed by atoms with Crippen molar-refractivity contribution < 1.29 is 5.48 Å². The van der Waals surface area contributed by atoms with Gasteiger partial charge in [0.05, 0.1) is 39.2 Å². The standard InChI is InChI=1S/C47H29N3/c48-30-31-20-24-36(25-21-31)50-44-19-7-5-15-40(44)42-29-34(23-27-46(42)50)38-17-9-11-32-10-8-16-37(47(32)38)33-22-26-45-41(28-33)39-14-4-6-18-43(39)49(45)35-12-2-1-3-13-35/h1-29H/i4D,6D,14D,18D. The molecule has 3 nitrogen and oxygen atoms in total. The van der Waals surface area contributed by atoms with E-state index in [1.807, 2.05) is 65.2 Å². The molecule has 10 rings (SSSR count). The average molecular weight is 640 g/mol. The quantitative estimate of drug-likeness (QED) is 0.189. The van der Waals surface area contributed by atoms with Gasteiger partial charge in [0.15, 0.2) is 0 Å². The number of nitrogens with zero attached hydrogens (tertiary/aromatic N) is 3. The highest BCUT2D eigenvalue weighted by atomic mass is 15.0. The van der Waals surface area contributed by atoms with Gasteiger partial charge in [-0.15, -0.1) is 0 Å². The minimum Gasteiger partial charge on any atom is -0.309 e. The van der Waals surface area contributed by atoms with Gasteiger partial charge in [-0.05, 0) is 106 Å². The summed E-state index contributed by atoms with van der Waals surface area (Å²) in [5.41, 5.74) is 10.1. The van der Waals surface area contributed by atoms with E-state index in [1.54, 1.807) is 0 Å². The van der Waals surface area contributed by atoms with Crippen LogP contribution >= 0.6 is 0 Å². The molecule has 0 N–H and O–H groups in total. The van der Waals surface area contributed by atoms with Gasteiger partial charge >= 0.3 is 0 Å². The third-order valence-corrected chi connectivity index (χ3v) is 9.87. The second kappa shape index (κ2) is 11.1. The summed E-state index contributed by atoms with van der Waals surface area (Å²) >= 11 is 0. The summed E-state index contributed by atoms with van der Waals surface area (Å²) in [7, 11) is 0. The predicted octanol–water partition coefficient (Wildman–Crippen LogP) is 12.2. The van der Waals surface area contributed by atoms with Crippen LogP contribution < -0.4 is 0 Å². The Morgan fingerprint density at radius 3 is 1.74 bits per heavy atom. The molecule has 0 aliphatic carbocycles. The Bertz CT molecular complexity index is 3200. The fourth-order valence-electron chi connectivity index (χ4n) is 7.66. The predicted molar refractivity (Wildman–Crippen MR) is 208 cm³/mol. The van der Waals surface area contributed by atoms with Crippen LogP contribution in [0, 0.1) is 11.3 Å². The second-order valence-corrected chi connectivity index (χ2v) is 12.6. The van der Waals surface area contributed by atoms with E-state index in [4.69, 9.17) is 5.48 Å². The molecule has 232 valence electrons. The van der Waals surface area contributed by atoms with Crippen LogP contribution in [0.25, 0.3) is 88.0 Å². The maximum Gasteiger partial charge on any atom is 0.0991 e. The largest absolute Gasteiger partial charge is 0.309 e. The van der Waals surface area contributed by atoms with Crippen molar-refractivity contribution in [1.82, 2.24) is 9.13 Å². The molecule has 8 aromatic carbocycles. The maximum atomic E-state index is 9.40. The van der Waals surface area contributed by atoms with Crippen LogP contribution in [0.4, 0.5) is 0 Å². The van der Waals surface area contributed by atoms with Crippen molar-refractivity contribution in [2.75, 3.05) is 0 Å². The summed E-state index contributed by atoms with van der Waals surface area (Å²) in [5, 5.41) is 15.1. The lowest BCUT2D eigenvalue weighted by atomic mass is 9.90. The zero-order valence-corrected chi connectivity index (χ0v) is 26.8. The Morgan fingerprint density at radius 2 is 1.04 bits per heavy atom. The Balaban J connectivity index is 1.21. The minimum atomic E-state index is -0.247. The van der Waals surface area contributed by atoms with Crippen molar-refractivity contribution in [2.24, 2.45) is 0 Å². The number of nitriles is 1. The maximum absolute atomic E-state index is 9.40. The number of fused-ring (bicyclic) bond motifs is 7. The van der Waals surface area contributed by atoms with Gasteiger partial charge in [-0.25, -0.2) is 0 Å². The molecule has 0 saturated carbocycles. The molecular formula is C47H29N3. The van der Waals surface area contributed by atoms with E-state index in [9.17, 15) is 5.26 Å². The minimum absolute atomic E-state index is 0.0464. The molecule has 0 unspecified atom stereocenters. The Hall–Kier alpha value is -6.89. The van der Waals surface area contributed by atoms with E-state index < -0.39 is 0 Å². The van der Waals surface area contributed by atoms with Crippen molar-refractivity contribution in [3.63, 3.8) is 0 Å². The topological polar surface area (TPSA) is 33.6 Å². The van der Waals surface area contributed by atoms with Crippen molar-refractivity contribution >= 4 is 54.4 Å². The number of para-hydroxylation sites is 3. The Kier molecular flexibility index (Phi) is 5.39. The van der Waals surface area contributed by atoms with Gasteiger partial charge in [-0.3, -0.25) is 0 Å². The van der Waals surface area contributed by atoms with E-state index in [0.29, 0.717) is 16.5 Å². The number of hydrogen-bond acceptors (Lipinski definition) is 1. The molecule has 2 aromatic heterocycles. The zero-order chi connectivity index (χ0) is 36.7. The summed E-state index contributed by atoms with van der Waals surface area (Å²) in [4.78, 5) is 0. The SMILES string of the molecule is [2H]c1c([2H])c([2H])c2c(c1[2H])c1cc(-c3cccc4cccc(-c5ccc6c(c5)c5ccccc5n6-c5ccc(C#N)cc5)c34)ccc1n2-c1ccccc1. The van der Waals surface area contributed by atoms with E-state index >= 15 is 0 Å². The first-order chi connectivity index (χ1) is 26.4. The third-order valence-electron chi connectivity index (χ3n) is 9.87. The fraction of sp³-hybridized carbons (Fsp3) is 0. The van der Waals surface area contributed by atoms with Crippen LogP contribution in [-0.4, -0.2) is 9.13 Å². The molecule has 0 aliphatic heterocycles. The lowest BCUT2D eigenvalue weighted by Gasteiger charge is -2.14. The lowest BCUT2D eigenvalue weighted by molar-refractivity contribution is 1.18. The van der Waals surface area contributed by atoms with Gasteiger partial charge in [0.1, 0.15) is 0 Å². The van der Waals surface area contributed by atoms with E-state index in [0.717, 1.165) is 77.1 Å². The van der Waals surface area contributed by atoms with Crippen molar-refractivity contribution in [3.8, 4) is 39.7 Å². The Labute approximate surface area is 294 Å². The molecule has 10 aromatic rings. The van der Waals surface area contributed by atoms with Crippen LogP contribution in [0.2, 0.25) is 0 Å². The summed E-state index contributed by atoms with van der Waals surface area (Å²) in [6.45, 7) is 0. The average Bonchev–Trinajstić information content (AvgIpc) is 3.75. The molecule has 50 heavy (non-hydrogen) atoms. The number of aromatic nitrogens is 2. The van der Waals surface area contributed by atoms with Crippen LogP contribution in [0.1, 0.15) is 11.0 Å². The molecular weight excluding hydrogens is 607 g/mol. The van der Waals surface area contributed by atoms with Gasteiger partial charge < -0.3 is 9.13 Å². The van der Waals surface area contributed by atoms with Crippen molar-refractivity contribution in [1.29, 1.82) is 5.26 Å². The zero-order valence-electron chi connectivity index (χ0n) is 30.8. The molecule has 3 heteroatoms. The van der Waals surface area contributed by atoms with Gasteiger partial charge in [0, 0.05) is 32.9 Å². The molecule has 0 atom stereocenters. The van der Waals surface area contributed by atoms with Gasteiger partial charge in [-0.1, -0.05) is 103 Å². The molecule has 0 amide bonds. The van der Waals surface area contributed by atoms with Crippen LogP contribution in [0.3, 0.4) is 0 Å². The van der Waals surface area contributed by atoms with E-state index in [1.165, 1.54) is 0 Å². The van der Waals surface area contributed by atoms with Crippen LogP contribution in [-0.2, 0) is 0 Å².